The molecule has 1 aromatic rings. The minimum Gasteiger partial charge on any atom is -0.359 e. The van der Waals surface area contributed by atoms with Gasteiger partial charge in [0.25, 0.3) is 0 Å². The van der Waals surface area contributed by atoms with Crippen LogP contribution in [0, 0.1) is 12.0 Å². The van der Waals surface area contributed by atoms with Gasteiger partial charge in [0.05, 0.1) is 12.5 Å². The number of carbonyl (C=O) groups excluding carboxylic acids is 1. The van der Waals surface area contributed by atoms with E-state index in [0.717, 1.165) is 12.0 Å². The van der Waals surface area contributed by atoms with Gasteiger partial charge in [0.1, 0.15) is 0 Å². The zero-order chi connectivity index (χ0) is 13.8. The van der Waals surface area contributed by atoms with Crippen LogP contribution >= 0.6 is 0 Å². The topological polar surface area (TPSA) is 33.5 Å². The Hall–Kier alpha value is -1.82. The van der Waals surface area contributed by atoms with E-state index in [-0.39, 0.29) is 17.2 Å². The average Bonchev–Trinajstić information content (AvgIpc) is 2.34. The summed E-state index contributed by atoms with van der Waals surface area (Å²) in [5.41, 5.74) is 1.65. The number of nitrogens with one attached hydrogen (secondary N) is 1. The van der Waals surface area contributed by atoms with Crippen molar-refractivity contribution in [3.63, 3.8) is 0 Å². The molecule has 18 heavy (non-hydrogen) atoms. The van der Waals surface area contributed by atoms with Crippen molar-refractivity contribution in [3.05, 3.63) is 41.2 Å². The van der Waals surface area contributed by atoms with Crippen molar-refractivity contribution in [1.82, 2.24) is 5.32 Å². The molecule has 0 spiro atoms. The maximum atomic E-state index is 12.0. The number of benzene rings is 1. The maximum absolute atomic E-state index is 12.0. The van der Waals surface area contributed by atoms with E-state index in [1.165, 1.54) is 0 Å². The molecule has 0 saturated heterocycles. The second-order valence-corrected chi connectivity index (χ2v) is 5.63. The van der Waals surface area contributed by atoms with Gasteiger partial charge in [-0.1, -0.05) is 45.0 Å². The molecule has 1 atom stereocenters. The smallest absolute Gasteiger partial charge is 0.227 e. The molecule has 0 saturated carbocycles. The Morgan fingerprint density at radius 3 is 2.28 bits per heavy atom. The Morgan fingerprint density at radius 1 is 1.33 bits per heavy atom. The highest BCUT2D eigenvalue weighted by Crippen LogP contribution is 2.32. The Morgan fingerprint density at radius 2 is 1.89 bits per heavy atom. The standard InChI is InChI=1S/C15H20N2O/c1-15(2,3)10-13(14(18)17-5)11-6-8-12(16-4)9-7-11/h6-9,13H,10H2,1-3,5H3,(H,17,18). The van der Waals surface area contributed by atoms with Crippen LogP contribution in [-0.4, -0.2) is 13.0 Å². The molecular weight excluding hydrogens is 224 g/mol. The molecule has 0 aliphatic heterocycles. The number of amides is 1. The lowest BCUT2D eigenvalue weighted by Crippen LogP contribution is -2.28. The Bertz CT molecular complexity index is 449. The summed E-state index contributed by atoms with van der Waals surface area (Å²) in [7, 11) is 1.66. The van der Waals surface area contributed by atoms with Crippen molar-refractivity contribution in [2.75, 3.05) is 7.05 Å². The molecule has 0 aromatic heterocycles. The molecule has 0 aliphatic rings. The van der Waals surface area contributed by atoms with Gasteiger partial charge in [-0.3, -0.25) is 4.79 Å². The molecule has 0 radical (unpaired) electrons. The SMILES string of the molecule is [C-]#[N+]c1ccc(C(CC(C)(C)C)C(=O)NC)cc1. The van der Waals surface area contributed by atoms with Crippen molar-refractivity contribution in [2.24, 2.45) is 5.41 Å². The third-order valence-corrected chi connectivity index (χ3v) is 2.80. The van der Waals surface area contributed by atoms with Crippen molar-refractivity contribution < 1.29 is 4.79 Å². The van der Waals surface area contributed by atoms with Crippen LogP contribution in [0.4, 0.5) is 5.69 Å². The monoisotopic (exact) mass is 244 g/mol. The minimum atomic E-state index is -0.158. The summed E-state index contributed by atoms with van der Waals surface area (Å²) in [6.07, 6.45) is 0.782. The van der Waals surface area contributed by atoms with Crippen LogP contribution in [0.25, 0.3) is 4.85 Å². The van der Waals surface area contributed by atoms with Gasteiger partial charge >= 0.3 is 0 Å². The molecule has 1 unspecified atom stereocenters. The lowest BCUT2D eigenvalue weighted by molar-refractivity contribution is -0.122. The number of hydrogen-bond donors (Lipinski definition) is 1. The fourth-order valence-corrected chi connectivity index (χ4v) is 1.93. The van der Waals surface area contributed by atoms with Gasteiger partial charge in [-0.25, -0.2) is 4.85 Å². The summed E-state index contributed by atoms with van der Waals surface area (Å²) in [6.45, 7) is 13.3. The van der Waals surface area contributed by atoms with E-state index in [1.54, 1.807) is 19.2 Å². The predicted octanol–water partition coefficient (Wildman–Crippen LogP) is 3.50. The fraction of sp³-hybridized carbons (Fsp3) is 0.467. The van der Waals surface area contributed by atoms with Crippen molar-refractivity contribution in [2.45, 2.75) is 33.1 Å². The Labute approximate surface area is 109 Å². The third kappa shape index (κ3) is 3.89. The predicted molar refractivity (Wildman–Crippen MR) is 73.6 cm³/mol. The van der Waals surface area contributed by atoms with Crippen molar-refractivity contribution in [1.29, 1.82) is 0 Å². The molecule has 3 heteroatoms. The van der Waals surface area contributed by atoms with Gasteiger partial charge in [-0.05, 0) is 17.4 Å². The third-order valence-electron chi connectivity index (χ3n) is 2.80. The van der Waals surface area contributed by atoms with Gasteiger partial charge in [-0.15, -0.1) is 0 Å². The number of hydrogen-bond acceptors (Lipinski definition) is 1. The number of nitrogens with zero attached hydrogens (tertiary/aromatic N) is 1. The summed E-state index contributed by atoms with van der Waals surface area (Å²) >= 11 is 0. The fourth-order valence-electron chi connectivity index (χ4n) is 1.93. The van der Waals surface area contributed by atoms with Crippen LogP contribution in [0.3, 0.4) is 0 Å². The quantitative estimate of drug-likeness (QED) is 0.811. The van der Waals surface area contributed by atoms with E-state index in [2.05, 4.69) is 30.9 Å². The van der Waals surface area contributed by atoms with E-state index in [1.807, 2.05) is 12.1 Å². The highest BCUT2D eigenvalue weighted by atomic mass is 16.1. The Kier molecular flexibility index (Phi) is 4.49. The minimum absolute atomic E-state index is 0.0282. The first-order valence-corrected chi connectivity index (χ1v) is 6.06. The molecule has 1 rings (SSSR count). The van der Waals surface area contributed by atoms with Crippen LogP contribution in [0.5, 0.6) is 0 Å². The molecular formula is C15H20N2O. The molecule has 96 valence electrons. The number of carbonyl (C=O) groups is 1. The largest absolute Gasteiger partial charge is 0.359 e. The van der Waals surface area contributed by atoms with Crippen LogP contribution in [-0.2, 0) is 4.79 Å². The molecule has 0 bridgehead atoms. The van der Waals surface area contributed by atoms with Gasteiger partial charge in [0, 0.05) is 7.05 Å². The molecule has 3 nitrogen and oxygen atoms in total. The lowest BCUT2D eigenvalue weighted by Gasteiger charge is -2.25. The normalized spacial score (nSPS) is 12.6. The van der Waals surface area contributed by atoms with Crippen molar-refractivity contribution in [3.8, 4) is 0 Å². The lowest BCUT2D eigenvalue weighted by atomic mass is 9.81. The van der Waals surface area contributed by atoms with E-state index >= 15 is 0 Å². The van der Waals surface area contributed by atoms with Crippen LogP contribution in [0.15, 0.2) is 24.3 Å². The van der Waals surface area contributed by atoms with Crippen molar-refractivity contribution >= 4 is 11.6 Å². The van der Waals surface area contributed by atoms with E-state index in [0.29, 0.717) is 5.69 Å². The van der Waals surface area contributed by atoms with Gasteiger partial charge in [0.15, 0.2) is 5.69 Å². The average molecular weight is 244 g/mol. The van der Waals surface area contributed by atoms with E-state index in [9.17, 15) is 4.79 Å². The number of rotatable bonds is 3. The molecule has 0 aliphatic carbocycles. The summed E-state index contributed by atoms with van der Waals surface area (Å²) in [6, 6.07) is 7.28. The maximum Gasteiger partial charge on any atom is 0.227 e. The zero-order valence-corrected chi connectivity index (χ0v) is 11.4. The molecule has 1 aromatic carbocycles. The highest BCUT2D eigenvalue weighted by Gasteiger charge is 2.25. The number of likely N-dealkylation sites (N-methyl/N-ethyl adjacent to an activating group) is 1. The highest BCUT2D eigenvalue weighted by molar-refractivity contribution is 5.83. The summed E-state index contributed by atoms with van der Waals surface area (Å²) in [5.74, 6) is -0.129. The van der Waals surface area contributed by atoms with E-state index < -0.39 is 0 Å². The molecule has 1 amide bonds. The first-order valence-electron chi connectivity index (χ1n) is 6.06. The summed E-state index contributed by atoms with van der Waals surface area (Å²) < 4.78 is 0. The zero-order valence-electron chi connectivity index (χ0n) is 11.4. The second kappa shape index (κ2) is 5.68. The van der Waals surface area contributed by atoms with Crippen LogP contribution in [0.2, 0.25) is 0 Å². The second-order valence-electron chi connectivity index (χ2n) is 5.63. The van der Waals surface area contributed by atoms with Gasteiger partial charge in [0.2, 0.25) is 5.91 Å². The van der Waals surface area contributed by atoms with Crippen LogP contribution in [0.1, 0.15) is 38.7 Å². The molecule has 0 heterocycles. The van der Waals surface area contributed by atoms with Crippen LogP contribution < -0.4 is 5.32 Å². The first-order chi connectivity index (χ1) is 8.37. The summed E-state index contributed by atoms with van der Waals surface area (Å²) in [5, 5.41) is 2.72. The Balaban J connectivity index is 3.02. The van der Waals surface area contributed by atoms with Gasteiger partial charge in [-0.2, -0.15) is 0 Å². The van der Waals surface area contributed by atoms with E-state index in [4.69, 9.17) is 6.57 Å². The van der Waals surface area contributed by atoms with Gasteiger partial charge < -0.3 is 5.32 Å². The first kappa shape index (κ1) is 14.2. The molecule has 0 fully saturated rings. The molecule has 1 N–H and O–H groups in total. The summed E-state index contributed by atoms with van der Waals surface area (Å²) in [4.78, 5) is 15.3.